The van der Waals surface area contributed by atoms with Gasteiger partial charge in [-0.05, 0) is 36.4 Å². The number of aromatic nitrogens is 1. The zero-order valence-corrected chi connectivity index (χ0v) is 16.1. The van der Waals surface area contributed by atoms with Gasteiger partial charge in [0.25, 0.3) is 0 Å². The molecule has 6 nitrogen and oxygen atoms in total. The lowest BCUT2D eigenvalue weighted by Gasteiger charge is -2.09. The second-order valence-corrected chi connectivity index (χ2v) is 6.09. The van der Waals surface area contributed by atoms with Gasteiger partial charge in [-0.3, -0.25) is 0 Å². The molecule has 28 heavy (non-hydrogen) atoms. The van der Waals surface area contributed by atoms with E-state index in [1.165, 1.54) is 13.2 Å². The van der Waals surface area contributed by atoms with E-state index in [0.717, 1.165) is 5.56 Å². The first kappa shape index (κ1) is 19.5. The maximum Gasteiger partial charge on any atom is 0.331 e. The second-order valence-electron chi connectivity index (χ2n) is 5.65. The zero-order valence-electron chi connectivity index (χ0n) is 15.3. The van der Waals surface area contributed by atoms with Gasteiger partial charge in [-0.2, -0.15) is 0 Å². The molecule has 2 aromatic carbocycles. The number of halogens is 1. The van der Waals surface area contributed by atoms with Gasteiger partial charge in [0.1, 0.15) is 0 Å². The molecular formula is C21H18ClNO5. The van der Waals surface area contributed by atoms with Crippen LogP contribution in [-0.4, -0.2) is 25.2 Å². The van der Waals surface area contributed by atoms with Crippen LogP contribution < -0.4 is 9.47 Å². The maximum absolute atomic E-state index is 12.0. The first-order valence-electron chi connectivity index (χ1n) is 8.37. The van der Waals surface area contributed by atoms with Crippen LogP contribution in [0.2, 0.25) is 5.02 Å². The molecule has 0 aliphatic rings. The monoisotopic (exact) mass is 399 g/mol. The molecule has 0 atom stereocenters. The van der Waals surface area contributed by atoms with Crippen LogP contribution in [0.15, 0.2) is 59.2 Å². The zero-order chi connectivity index (χ0) is 19.9. The van der Waals surface area contributed by atoms with Gasteiger partial charge < -0.3 is 18.6 Å². The van der Waals surface area contributed by atoms with E-state index in [1.54, 1.807) is 49.7 Å². The molecule has 0 spiro atoms. The van der Waals surface area contributed by atoms with Crippen molar-refractivity contribution in [2.24, 2.45) is 0 Å². The molecule has 3 aromatic rings. The van der Waals surface area contributed by atoms with E-state index in [0.29, 0.717) is 33.7 Å². The molecule has 0 saturated heterocycles. The highest BCUT2D eigenvalue weighted by atomic mass is 35.5. The molecule has 144 valence electrons. The minimum Gasteiger partial charge on any atom is -0.493 e. The van der Waals surface area contributed by atoms with Gasteiger partial charge in [-0.15, -0.1) is 0 Å². The summed E-state index contributed by atoms with van der Waals surface area (Å²) in [6.07, 6.45) is 4.47. The van der Waals surface area contributed by atoms with Gasteiger partial charge in [0, 0.05) is 22.2 Å². The second kappa shape index (κ2) is 9.10. The molecule has 3 rings (SSSR count). The Kier molecular flexibility index (Phi) is 6.34. The Morgan fingerprint density at radius 2 is 1.93 bits per heavy atom. The van der Waals surface area contributed by atoms with Crippen LogP contribution in [0.5, 0.6) is 11.5 Å². The number of esters is 1. The fourth-order valence-electron chi connectivity index (χ4n) is 2.51. The fraction of sp³-hybridized carbons (Fsp3) is 0.143. The van der Waals surface area contributed by atoms with Crippen molar-refractivity contribution >= 4 is 23.6 Å². The Bertz CT molecular complexity index is 979. The number of carbonyl (C=O) groups excluding carboxylic acids is 1. The highest BCUT2D eigenvalue weighted by Gasteiger charge is 2.10. The number of carbonyl (C=O) groups is 1. The molecule has 7 heteroatoms. The van der Waals surface area contributed by atoms with E-state index in [4.69, 9.17) is 30.2 Å². The highest BCUT2D eigenvalue weighted by Crippen LogP contribution is 2.31. The summed E-state index contributed by atoms with van der Waals surface area (Å²) in [4.78, 5) is 16.1. The lowest BCUT2D eigenvalue weighted by molar-refractivity contribution is -0.139. The average Bonchev–Trinajstić information content (AvgIpc) is 3.19. The summed E-state index contributed by atoms with van der Waals surface area (Å²) in [5.41, 5.74) is 1.53. The number of rotatable bonds is 7. The molecule has 0 fully saturated rings. The van der Waals surface area contributed by atoms with Crippen LogP contribution in [0, 0.1) is 0 Å². The molecule has 0 unspecified atom stereocenters. The van der Waals surface area contributed by atoms with Gasteiger partial charge in [0.2, 0.25) is 5.89 Å². The predicted molar refractivity (Wildman–Crippen MR) is 105 cm³/mol. The molecule has 1 aromatic heterocycles. The predicted octanol–water partition coefficient (Wildman–Crippen LogP) is 4.77. The van der Waals surface area contributed by atoms with E-state index in [9.17, 15) is 4.79 Å². The highest BCUT2D eigenvalue weighted by molar-refractivity contribution is 6.30. The van der Waals surface area contributed by atoms with Crippen LogP contribution in [-0.2, 0) is 16.1 Å². The van der Waals surface area contributed by atoms with Crippen molar-refractivity contribution in [3.05, 3.63) is 71.2 Å². The molecule has 1 heterocycles. The van der Waals surface area contributed by atoms with E-state index in [2.05, 4.69) is 4.98 Å². The van der Waals surface area contributed by atoms with Crippen molar-refractivity contribution in [3.63, 3.8) is 0 Å². The quantitative estimate of drug-likeness (QED) is 0.421. The molecule has 0 amide bonds. The largest absolute Gasteiger partial charge is 0.493 e. The third-order valence-corrected chi connectivity index (χ3v) is 4.10. The Hall–Kier alpha value is -3.25. The lowest BCUT2D eigenvalue weighted by atomic mass is 10.1. The number of ether oxygens (including phenoxy) is 3. The van der Waals surface area contributed by atoms with Gasteiger partial charge in [-0.1, -0.05) is 23.7 Å². The summed E-state index contributed by atoms with van der Waals surface area (Å²) < 4.78 is 21.3. The Labute approximate surface area is 167 Å². The van der Waals surface area contributed by atoms with E-state index >= 15 is 0 Å². The minimum atomic E-state index is -0.531. The van der Waals surface area contributed by atoms with Gasteiger partial charge in [0.05, 0.1) is 20.4 Å². The van der Waals surface area contributed by atoms with Crippen molar-refractivity contribution < 1.29 is 23.4 Å². The Balaban J connectivity index is 1.61. The average molecular weight is 400 g/mol. The molecule has 0 radical (unpaired) electrons. The van der Waals surface area contributed by atoms with Crippen LogP contribution >= 0.6 is 11.6 Å². The van der Waals surface area contributed by atoms with Gasteiger partial charge in [-0.25, -0.2) is 9.78 Å². The minimum absolute atomic E-state index is 0.0774. The Morgan fingerprint density at radius 1 is 1.14 bits per heavy atom. The van der Waals surface area contributed by atoms with Crippen LogP contribution in [0.25, 0.3) is 17.4 Å². The van der Waals surface area contributed by atoms with Crippen molar-refractivity contribution in [3.8, 4) is 22.8 Å². The molecule has 0 aliphatic carbocycles. The number of para-hydroxylation sites is 1. The fourth-order valence-corrected chi connectivity index (χ4v) is 2.63. The van der Waals surface area contributed by atoms with Crippen LogP contribution in [0.1, 0.15) is 11.5 Å². The van der Waals surface area contributed by atoms with E-state index in [-0.39, 0.29) is 6.61 Å². The smallest absolute Gasteiger partial charge is 0.331 e. The van der Waals surface area contributed by atoms with Crippen molar-refractivity contribution in [1.82, 2.24) is 4.98 Å². The summed E-state index contributed by atoms with van der Waals surface area (Å²) >= 11 is 5.87. The molecule has 0 saturated carbocycles. The molecular weight excluding hydrogens is 382 g/mol. The molecule has 0 aliphatic heterocycles. The standard InChI is InChI=1S/C21H18ClNO5/c1-25-17-5-3-4-15(21(17)26-2)8-11-20(24)27-13-19-23-12-18(28-19)14-6-9-16(22)10-7-14/h3-12H,13H2,1-2H3/b11-8+. The summed E-state index contributed by atoms with van der Waals surface area (Å²) in [5, 5.41) is 0.636. The third kappa shape index (κ3) is 4.72. The summed E-state index contributed by atoms with van der Waals surface area (Å²) in [7, 11) is 3.09. The Morgan fingerprint density at radius 3 is 2.64 bits per heavy atom. The van der Waals surface area contributed by atoms with Crippen molar-refractivity contribution in [2.45, 2.75) is 6.61 Å². The van der Waals surface area contributed by atoms with Gasteiger partial charge >= 0.3 is 5.97 Å². The van der Waals surface area contributed by atoms with E-state index in [1.807, 2.05) is 12.1 Å². The number of hydrogen-bond donors (Lipinski definition) is 0. The van der Waals surface area contributed by atoms with E-state index < -0.39 is 5.97 Å². The third-order valence-electron chi connectivity index (χ3n) is 3.85. The van der Waals surface area contributed by atoms with Crippen LogP contribution in [0.3, 0.4) is 0 Å². The first-order valence-corrected chi connectivity index (χ1v) is 8.75. The topological polar surface area (TPSA) is 70.8 Å². The summed E-state index contributed by atoms with van der Waals surface area (Å²) in [6.45, 7) is -0.0774. The van der Waals surface area contributed by atoms with Crippen LogP contribution in [0.4, 0.5) is 0 Å². The SMILES string of the molecule is COc1cccc(/C=C/C(=O)OCc2ncc(-c3ccc(Cl)cc3)o2)c1OC. The first-order chi connectivity index (χ1) is 13.6. The number of benzene rings is 2. The summed E-state index contributed by atoms with van der Waals surface area (Å²) in [6, 6.07) is 12.5. The number of oxazole rings is 1. The lowest BCUT2D eigenvalue weighted by Crippen LogP contribution is -2.01. The van der Waals surface area contributed by atoms with Gasteiger partial charge in [0.15, 0.2) is 23.9 Å². The normalized spacial score (nSPS) is 10.8. The summed E-state index contributed by atoms with van der Waals surface area (Å²) in [5.74, 6) is 1.45. The maximum atomic E-state index is 12.0. The number of hydrogen-bond acceptors (Lipinski definition) is 6. The molecule has 0 N–H and O–H groups in total. The van der Waals surface area contributed by atoms with Crippen molar-refractivity contribution in [2.75, 3.05) is 14.2 Å². The van der Waals surface area contributed by atoms with Crippen molar-refractivity contribution in [1.29, 1.82) is 0 Å². The number of methoxy groups -OCH3 is 2. The number of nitrogens with zero attached hydrogens (tertiary/aromatic N) is 1. The molecule has 0 bridgehead atoms.